The molecule has 1 heterocycles. The molecule has 1 aliphatic rings. The fourth-order valence-electron chi connectivity index (χ4n) is 5.94. The molecule has 1 aliphatic heterocycles. The molecule has 0 radical (unpaired) electrons. The molecule has 0 aromatic heterocycles. The molecule has 284 valence electrons. The lowest BCUT2D eigenvalue weighted by Gasteiger charge is -2.33. The average Bonchev–Trinajstić information content (AvgIpc) is 3.45. The van der Waals surface area contributed by atoms with E-state index < -0.39 is 42.4 Å². The first kappa shape index (κ1) is 42.6. The van der Waals surface area contributed by atoms with E-state index in [1.165, 1.54) is 23.9 Å². The number of hydrogen-bond donors (Lipinski definition) is 1. The number of methoxy groups -OCH3 is 2. The molecule has 50 heavy (non-hydrogen) atoms. The molecule has 13 heteroatoms. The predicted octanol–water partition coefficient (Wildman–Crippen LogP) is 5.66. The number of nitrogens with two attached hydrogens (primary N) is 1. The lowest BCUT2D eigenvalue weighted by molar-refractivity contribution is -0.129. The lowest BCUT2D eigenvalue weighted by Crippen LogP contribution is -2.43. The number of ketones is 1. The van der Waals surface area contributed by atoms with E-state index in [1.807, 2.05) is 32.0 Å². The zero-order chi connectivity index (χ0) is 37.6. The van der Waals surface area contributed by atoms with Crippen LogP contribution in [0.5, 0.6) is 11.5 Å². The number of amides is 3. The van der Waals surface area contributed by atoms with Gasteiger partial charge in [0.2, 0.25) is 12.7 Å². The molecule has 0 bridgehead atoms. The van der Waals surface area contributed by atoms with Crippen molar-refractivity contribution >= 4 is 23.9 Å². The Hall–Kier alpha value is -3.58. The highest BCUT2D eigenvalue weighted by Gasteiger charge is 2.43. The summed E-state index contributed by atoms with van der Waals surface area (Å²) in [7, 11) is 6.33. The van der Waals surface area contributed by atoms with Gasteiger partial charge in [-0.05, 0) is 61.1 Å². The van der Waals surface area contributed by atoms with Gasteiger partial charge in [-0.1, -0.05) is 47.6 Å². The first-order valence-corrected chi connectivity index (χ1v) is 17.5. The van der Waals surface area contributed by atoms with Crippen LogP contribution in [0.3, 0.4) is 0 Å². The fraction of sp³-hybridized carbons (Fsp3) is 0.730. The van der Waals surface area contributed by atoms with Crippen molar-refractivity contribution in [3.63, 3.8) is 0 Å². The topological polar surface area (TPSA) is 156 Å². The van der Waals surface area contributed by atoms with Crippen LogP contribution in [0.15, 0.2) is 18.2 Å². The Labute approximate surface area is 298 Å². The van der Waals surface area contributed by atoms with Gasteiger partial charge in [-0.15, -0.1) is 0 Å². The van der Waals surface area contributed by atoms with Crippen LogP contribution in [0.2, 0.25) is 0 Å². The summed E-state index contributed by atoms with van der Waals surface area (Å²) in [5.74, 6) is 0.845. The molecule has 13 nitrogen and oxygen atoms in total. The van der Waals surface area contributed by atoms with E-state index in [2.05, 4.69) is 13.8 Å². The molecule has 1 aromatic rings. The van der Waals surface area contributed by atoms with Gasteiger partial charge >= 0.3 is 12.2 Å². The summed E-state index contributed by atoms with van der Waals surface area (Å²) in [6.07, 6.45) is 1.19. The maximum absolute atomic E-state index is 13.6. The molecule has 0 unspecified atom stereocenters. The first-order valence-electron chi connectivity index (χ1n) is 17.5. The molecule has 2 N–H and O–H groups in total. The maximum Gasteiger partial charge on any atom is 0.414 e. The molecule has 1 saturated heterocycles. The van der Waals surface area contributed by atoms with Crippen molar-refractivity contribution in [3.05, 3.63) is 23.8 Å². The molecular formula is C37H61N3O10. The van der Waals surface area contributed by atoms with Crippen LogP contribution in [-0.4, -0.2) is 101 Å². The Bertz CT molecular complexity index is 1250. The van der Waals surface area contributed by atoms with E-state index in [1.54, 1.807) is 28.1 Å². The van der Waals surface area contributed by atoms with Gasteiger partial charge in [0.25, 0.3) is 0 Å². The number of primary amides is 1. The van der Waals surface area contributed by atoms with Crippen molar-refractivity contribution in [1.29, 1.82) is 0 Å². The van der Waals surface area contributed by atoms with Crippen molar-refractivity contribution in [2.75, 3.05) is 55.1 Å². The summed E-state index contributed by atoms with van der Waals surface area (Å²) in [5.41, 5.74) is 5.82. The van der Waals surface area contributed by atoms with Crippen LogP contribution in [0.1, 0.15) is 79.2 Å². The van der Waals surface area contributed by atoms with E-state index in [-0.39, 0.29) is 42.6 Å². The molecule has 3 amide bonds. The van der Waals surface area contributed by atoms with Crippen molar-refractivity contribution < 1.29 is 47.6 Å². The molecule has 0 aliphatic carbocycles. The van der Waals surface area contributed by atoms with Gasteiger partial charge in [0.05, 0.1) is 25.9 Å². The van der Waals surface area contributed by atoms with Gasteiger partial charge in [0, 0.05) is 52.0 Å². The Kier molecular flexibility index (Phi) is 17.3. The van der Waals surface area contributed by atoms with Crippen LogP contribution in [-0.2, 0) is 35.0 Å². The number of ether oxygens (including phenoxy) is 6. The van der Waals surface area contributed by atoms with Crippen molar-refractivity contribution in [3.8, 4) is 11.5 Å². The van der Waals surface area contributed by atoms with E-state index in [0.29, 0.717) is 50.4 Å². The molecular weight excluding hydrogens is 646 g/mol. The van der Waals surface area contributed by atoms with Crippen LogP contribution in [0, 0.1) is 29.1 Å². The summed E-state index contributed by atoms with van der Waals surface area (Å²) in [4.78, 5) is 53.6. The number of carbonyl (C=O) groups excluding carboxylic acids is 4. The fourth-order valence-corrected chi connectivity index (χ4v) is 5.94. The lowest BCUT2D eigenvalue weighted by atomic mass is 9.78. The second-order valence-corrected chi connectivity index (χ2v) is 14.6. The zero-order valence-electron chi connectivity index (χ0n) is 31.8. The molecule has 0 spiro atoms. The number of benzene rings is 1. The van der Waals surface area contributed by atoms with Crippen LogP contribution in [0.25, 0.3) is 0 Å². The summed E-state index contributed by atoms with van der Waals surface area (Å²) < 4.78 is 33.4. The molecule has 1 aromatic carbocycles. The van der Waals surface area contributed by atoms with Gasteiger partial charge in [-0.25, -0.2) is 9.59 Å². The van der Waals surface area contributed by atoms with Gasteiger partial charge in [0.15, 0.2) is 11.5 Å². The van der Waals surface area contributed by atoms with Gasteiger partial charge in [-0.3, -0.25) is 14.5 Å². The SMILES string of the molecule is COCCCOc1cc(C[C@@H](C[C@H]2[C@H](C[C@H](C(=O)CCC(C)(C)C(N)=O)C(C)C)OCN2C(=O)OCOC(=O)N(C)C)C(C)C)ccc1OC. The smallest absolute Gasteiger partial charge is 0.414 e. The Morgan fingerprint density at radius 2 is 1.70 bits per heavy atom. The van der Waals surface area contributed by atoms with E-state index in [4.69, 9.17) is 34.2 Å². The number of nitrogens with zero attached hydrogens (tertiary/aromatic N) is 2. The van der Waals surface area contributed by atoms with Gasteiger partial charge < -0.3 is 39.1 Å². The summed E-state index contributed by atoms with van der Waals surface area (Å²) in [5, 5.41) is 0. The minimum Gasteiger partial charge on any atom is -0.493 e. The summed E-state index contributed by atoms with van der Waals surface area (Å²) in [6.45, 7) is 12.3. The summed E-state index contributed by atoms with van der Waals surface area (Å²) in [6, 6.07) is 5.50. The maximum atomic E-state index is 13.6. The van der Waals surface area contributed by atoms with Crippen molar-refractivity contribution in [1.82, 2.24) is 9.80 Å². The second-order valence-electron chi connectivity index (χ2n) is 14.6. The quantitative estimate of drug-likeness (QED) is 0.125. The average molecular weight is 708 g/mol. The van der Waals surface area contributed by atoms with Crippen LogP contribution >= 0.6 is 0 Å². The highest BCUT2D eigenvalue weighted by molar-refractivity contribution is 5.84. The number of Topliss-reactive ketones (excluding diaryl/α,β-unsaturated/α-hetero) is 1. The minimum atomic E-state index is -0.805. The largest absolute Gasteiger partial charge is 0.493 e. The van der Waals surface area contributed by atoms with Gasteiger partial charge in [0.1, 0.15) is 12.5 Å². The van der Waals surface area contributed by atoms with Crippen molar-refractivity contribution in [2.24, 2.45) is 34.8 Å². The Morgan fingerprint density at radius 3 is 2.28 bits per heavy atom. The third-order valence-electron chi connectivity index (χ3n) is 9.55. The molecule has 1 fully saturated rings. The van der Waals surface area contributed by atoms with Crippen LogP contribution in [0.4, 0.5) is 9.59 Å². The predicted molar refractivity (Wildman–Crippen MR) is 189 cm³/mol. The van der Waals surface area contributed by atoms with Crippen LogP contribution < -0.4 is 15.2 Å². The molecule has 4 atom stereocenters. The standard InChI is InChI=1S/C37H61N3O10/c1-24(2)27(18-26-12-13-31(46-10)33(19-26)47-17-11-16-45-9)20-29-32(48-22-40(29)36(44)50-23-49-35(43)39(7)8)21-28(25(3)4)30(41)14-15-37(5,6)34(38)42/h12-13,19,24-25,27-29,32H,11,14-18,20-23H2,1-10H3,(H2,38,42)/t27-,28-,29-,32-/m0/s1. The van der Waals surface area contributed by atoms with E-state index in [0.717, 1.165) is 12.0 Å². The Balaban J connectivity index is 2.34. The normalized spacial score (nSPS) is 17.4. The second kappa shape index (κ2) is 20.3. The third-order valence-corrected chi connectivity index (χ3v) is 9.55. The Morgan fingerprint density at radius 1 is 1.00 bits per heavy atom. The van der Waals surface area contributed by atoms with Gasteiger partial charge in [-0.2, -0.15) is 0 Å². The summed E-state index contributed by atoms with van der Waals surface area (Å²) >= 11 is 0. The zero-order valence-corrected chi connectivity index (χ0v) is 31.8. The highest BCUT2D eigenvalue weighted by Crippen LogP contribution is 2.36. The number of carbonyl (C=O) groups is 4. The highest BCUT2D eigenvalue weighted by atomic mass is 16.7. The van der Waals surface area contributed by atoms with Crippen molar-refractivity contribution in [2.45, 2.75) is 92.2 Å². The first-order chi connectivity index (χ1) is 23.5. The number of hydrogen-bond acceptors (Lipinski definition) is 10. The molecule has 0 saturated carbocycles. The van der Waals surface area contributed by atoms with E-state index >= 15 is 0 Å². The minimum absolute atomic E-state index is 0.00241. The van der Waals surface area contributed by atoms with E-state index in [9.17, 15) is 19.2 Å². The number of rotatable bonds is 21. The molecule has 2 rings (SSSR count). The monoisotopic (exact) mass is 707 g/mol. The third kappa shape index (κ3) is 12.9.